The van der Waals surface area contributed by atoms with Gasteiger partial charge in [0.05, 0.1) is 19.6 Å². The molecule has 0 aromatic rings. The Morgan fingerprint density at radius 2 is 1.91 bits per heavy atom. The van der Waals surface area contributed by atoms with Gasteiger partial charge in [0.25, 0.3) is 0 Å². The van der Waals surface area contributed by atoms with E-state index in [0.717, 1.165) is 0 Å². The van der Waals surface area contributed by atoms with Crippen LogP contribution >= 0.6 is 0 Å². The quantitative estimate of drug-likeness (QED) is 0.438. The Labute approximate surface area is 64.8 Å². The molecule has 0 saturated heterocycles. The lowest BCUT2D eigenvalue weighted by atomic mass is 10.4. The first-order chi connectivity index (χ1) is 5.16. The zero-order valence-electron chi connectivity index (χ0n) is 6.39. The monoisotopic (exact) mass is 160 g/mol. The first-order valence-corrected chi connectivity index (χ1v) is 3.25. The van der Waals surface area contributed by atoms with Crippen LogP contribution < -0.4 is 10.6 Å². The zero-order chi connectivity index (χ0) is 8.69. The molecular formula is C6H12N2O3. The van der Waals surface area contributed by atoms with Crippen molar-refractivity contribution in [3.8, 4) is 0 Å². The molecule has 0 aromatic heterocycles. The Kier molecular flexibility index (Phi) is 5.32. The molecule has 5 heteroatoms. The number of rotatable bonds is 6. The van der Waals surface area contributed by atoms with E-state index in [1.54, 1.807) is 7.05 Å². The second-order valence-electron chi connectivity index (χ2n) is 2.07. The molecule has 0 spiro atoms. The van der Waals surface area contributed by atoms with E-state index in [2.05, 4.69) is 10.6 Å². The predicted molar refractivity (Wildman–Crippen MR) is 39.4 cm³/mol. The lowest BCUT2D eigenvalue weighted by molar-refractivity contribution is -0.135. The molecule has 3 N–H and O–H groups in total. The number of hydrogen-bond donors (Lipinski definition) is 3. The summed E-state index contributed by atoms with van der Waals surface area (Å²) in [5.41, 5.74) is 0. The van der Waals surface area contributed by atoms with Crippen molar-refractivity contribution in [3.63, 3.8) is 0 Å². The maximum atomic E-state index is 10.7. The van der Waals surface area contributed by atoms with Gasteiger partial charge in [-0.2, -0.15) is 0 Å². The number of nitrogens with one attached hydrogen (secondary N) is 2. The summed E-state index contributed by atoms with van der Waals surface area (Å²) in [6.45, 7) is 0.204. The minimum absolute atomic E-state index is 0.0475. The van der Waals surface area contributed by atoms with Crippen molar-refractivity contribution in [2.24, 2.45) is 0 Å². The average molecular weight is 160 g/mol. The summed E-state index contributed by atoms with van der Waals surface area (Å²) >= 11 is 0. The lowest BCUT2D eigenvalue weighted by Gasteiger charge is -1.99. The third kappa shape index (κ3) is 6.95. The minimum Gasteiger partial charge on any atom is -0.480 e. The SMILES string of the molecule is CNCC(=O)CNCC(=O)O. The highest BCUT2D eigenvalue weighted by Gasteiger charge is 2.00. The fourth-order valence-electron chi connectivity index (χ4n) is 0.569. The largest absolute Gasteiger partial charge is 0.480 e. The standard InChI is InChI=1S/C6H12N2O3/c1-7-2-5(9)3-8-4-6(10)11/h7-8H,2-4H2,1H3,(H,10,11). The average Bonchev–Trinajstić information content (AvgIpc) is 1.87. The molecule has 0 heterocycles. The summed E-state index contributed by atoms with van der Waals surface area (Å²) < 4.78 is 0. The van der Waals surface area contributed by atoms with Crippen LogP contribution in [0.1, 0.15) is 0 Å². The van der Waals surface area contributed by atoms with Crippen LogP contribution in [0.5, 0.6) is 0 Å². The highest BCUT2D eigenvalue weighted by atomic mass is 16.4. The molecule has 11 heavy (non-hydrogen) atoms. The van der Waals surface area contributed by atoms with Crippen LogP contribution in [0.25, 0.3) is 0 Å². The van der Waals surface area contributed by atoms with Gasteiger partial charge in [0.15, 0.2) is 5.78 Å². The van der Waals surface area contributed by atoms with Crippen molar-refractivity contribution in [1.29, 1.82) is 0 Å². The lowest BCUT2D eigenvalue weighted by Crippen LogP contribution is -2.32. The van der Waals surface area contributed by atoms with Crippen LogP contribution in [-0.4, -0.2) is 43.5 Å². The summed E-state index contributed by atoms with van der Waals surface area (Å²) in [5, 5.41) is 13.3. The topological polar surface area (TPSA) is 78.4 Å². The molecule has 0 aromatic carbocycles. The highest BCUT2D eigenvalue weighted by molar-refractivity contribution is 5.82. The Morgan fingerprint density at radius 1 is 1.27 bits per heavy atom. The highest BCUT2D eigenvalue weighted by Crippen LogP contribution is 1.66. The summed E-state index contributed by atoms with van der Waals surface area (Å²) in [6, 6.07) is 0. The Morgan fingerprint density at radius 3 is 2.36 bits per heavy atom. The van der Waals surface area contributed by atoms with Crippen molar-refractivity contribution in [1.82, 2.24) is 10.6 Å². The normalized spacial score (nSPS) is 9.55. The van der Waals surface area contributed by atoms with Gasteiger partial charge < -0.3 is 15.7 Å². The van der Waals surface area contributed by atoms with E-state index in [4.69, 9.17) is 5.11 Å². The second-order valence-corrected chi connectivity index (χ2v) is 2.07. The predicted octanol–water partition coefficient (Wildman–Crippen LogP) is -1.55. The first-order valence-electron chi connectivity index (χ1n) is 3.25. The molecule has 0 rings (SSSR count). The number of carbonyl (C=O) groups is 2. The number of Topliss-reactive ketones (excluding diaryl/α,β-unsaturated/α-hetero) is 1. The van der Waals surface area contributed by atoms with Crippen LogP contribution in [0.3, 0.4) is 0 Å². The van der Waals surface area contributed by atoms with Gasteiger partial charge in [0, 0.05) is 0 Å². The van der Waals surface area contributed by atoms with E-state index in [9.17, 15) is 9.59 Å². The fraction of sp³-hybridized carbons (Fsp3) is 0.667. The summed E-state index contributed by atoms with van der Waals surface area (Å²) in [5.74, 6) is -1.00. The maximum Gasteiger partial charge on any atom is 0.317 e. The van der Waals surface area contributed by atoms with E-state index in [1.807, 2.05) is 0 Å². The van der Waals surface area contributed by atoms with Crippen LogP contribution in [-0.2, 0) is 9.59 Å². The second kappa shape index (κ2) is 5.82. The van der Waals surface area contributed by atoms with Gasteiger partial charge in [-0.15, -0.1) is 0 Å². The van der Waals surface area contributed by atoms with Crippen molar-refractivity contribution < 1.29 is 14.7 Å². The number of ketones is 1. The molecule has 0 aliphatic carbocycles. The number of carbonyl (C=O) groups excluding carboxylic acids is 1. The molecular weight excluding hydrogens is 148 g/mol. The minimum atomic E-state index is -0.956. The molecule has 5 nitrogen and oxygen atoms in total. The Bertz CT molecular complexity index is 147. The van der Waals surface area contributed by atoms with Gasteiger partial charge >= 0.3 is 5.97 Å². The van der Waals surface area contributed by atoms with Crippen molar-refractivity contribution in [2.45, 2.75) is 0 Å². The Hall–Kier alpha value is -0.940. The molecule has 0 fully saturated rings. The van der Waals surface area contributed by atoms with Gasteiger partial charge in [-0.3, -0.25) is 9.59 Å². The van der Waals surface area contributed by atoms with E-state index in [-0.39, 0.29) is 25.4 Å². The molecule has 0 atom stereocenters. The number of carboxylic acids is 1. The van der Waals surface area contributed by atoms with Gasteiger partial charge in [-0.05, 0) is 7.05 Å². The maximum absolute atomic E-state index is 10.7. The van der Waals surface area contributed by atoms with Gasteiger partial charge in [0.1, 0.15) is 0 Å². The van der Waals surface area contributed by atoms with Gasteiger partial charge in [-0.1, -0.05) is 0 Å². The number of carboxylic acid groups (broad SMARTS) is 1. The molecule has 0 aliphatic heterocycles. The molecule has 0 amide bonds. The third-order valence-electron chi connectivity index (χ3n) is 0.972. The Balaban J connectivity index is 3.24. The molecule has 64 valence electrons. The first kappa shape index (κ1) is 10.1. The smallest absolute Gasteiger partial charge is 0.317 e. The van der Waals surface area contributed by atoms with Gasteiger partial charge in [-0.25, -0.2) is 0 Å². The van der Waals surface area contributed by atoms with Crippen LogP contribution in [0.15, 0.2) is 0 Å². The number of aliphatic carboxylic acids is 1. The fourth-order valence-corrected chi connectivity index (χ4v) is 0.569. The molecule has 0 saturated carbocycles. The van der Waals surface area contributed by atoms with Crippen molar-refractivity contribution in [2.75, 3.05) is 26.7 Å². The van der Waals surface area contributed by atoms with E-state index in [0.29, 0.717) is 0 Å². The van der Waals surface area contributed by atoms with Gasteiger partial charge in [0.2, 0.25) is 0 Å². The summed E-state index contributed by atoms with van der Waals surface area (Å²) in [7, 11) is 1.66. The summed E-state index contributed by atoms with van der Waals surface area (Å²) in [4.78, 5) is 20.7. The molecule has 0 radical (unpaired) electrons. The van der Waals surface area contributed by atoms with Crippen LogP contribution in [0.2, 0.25) is 0 Å². The molecule has 0 bridgehead atoms. The van der Waals surface area contributed by atoms with E-state index >= 15 is 0 Å². The van der Waals surface area contributed by atoms with E-state index in [1.165, 1.54) is 0 Å². The zero-order valence-corrected chi connectivity index (χ0v) is 6.39. The molecule has 0 unspecified atom stereocenters. The summed E-state index contributed by atoms with van der Waals surface area (Å²) in [6.07, 6.45) is 0. The molecule has 0 aliphatic rings. The van der Waals surface area contributed by atoms with Crippen molar-refractivity contribution in [3.05, 3.63) is 0 Å². The third-order valence-corrected chi connectivity index (χ3v) is 0.972. The number of likely N-dealkylation sites (N-methyl/N-ethyl adjacent to an activating group) is 1. The van der Waals surface area contributed by atoms with Crippen LogP contribution in [0.4, 0.5) is 0 Å². The van der Waals surface area contributed by atoms with Crippen molar-refractivity contribution >= 4 is 11.8 Å². The van der Waals surface area contributed by atoms with Crippen LogP contribution in [0, 0.1) is 0 Å². The van der Waals surface area contributed by atoms with E-state index < -0.39 is 5.97 Å². The number of hydrogen-bond acceptors (Lipinski definition) is 4.